The summed E-state index contributed by atoms with van der Waals surface area (Å²) < 4.78 is 0. The molecule has 0 aromatic carbocycles. The lowest BCUT2D eigenvalue weighted by Crippen LogP contribution is -2.52. The van der Waals surface area contributed by atoms with Gasteiger partial charge in [0, 0.05) is 24.7 Å². The second kappa shape index (κ2) is 4.63. The van der Waals surface area contributed by atoms with Crippen LogP contribution in [-0.2, 0) is 0 Å². The molecule has 2 bridgehead atoms. The summed E-state index contributed by atoms with van der Waals surface area (Å²) in [6, 6.07) is 0.762. The van der Waals surface area contributed by atoms with Gasteiger partial charge in [-0.25, -0.2) is 0 Å². The lowest BCUT2D eigenvalue weighted by atomic mass is 9.93. The van der Waals surface area contributed by atoms with E-state index in [0.29, 0.717) is 0 Å². The van der Waals surface area contributed by atoms with Crippen LogP contribution in [-0.4, -0.2) is 61.7 Å². The fourth-order valence-corrected chi connectivity index (χ4v) is 2.76. The molecule has 3 nitrogen and oxygen atoms in total. The van der Waals surface area contributed by atoms with Crippen molar-refractivity contribution in [3.63, 3.8) is 0 Å². The summed E-state index contributed by atoms with van der Waals surface area (Å²) in [5, 5.41) is 3.80. The number of likely N-dealkylation sites (N-methyl/N-ethyl adjacent to an activating group) is 1. The Bertz CT molecular complexity index is 237. The molecule has 0 spiro atoms. The molecule has 3 unspecified atom stereocenters. The van der Waals surface area contributed by atoms with Gasteiger partial charge in [-0.1, -0.05) is 0 Å². The predicted octanol–water partition coefficient (Wildman–Crippen LogP) is 1.01. The first-order valence-electron chi connectivity index (χ1n) is 6.62. The minimum absolute atomic E-state index is 0.260. The van der Waals surface area contributed by atoms with E-state index < -0.39 is 0 Å². The zero-order chi connectivity index (χ0) is 11.8. The number of hydrogen-bond acceptors (Lipinski definition) is 3. The molecule has 0 saturated carbocycles. The largest absolute Gasteiger partial charge is 0.312 e. The van der Waals surface area contributed by atoms with E-state index in [-0.39, 0.29) is 5.54 Å². The molecule has 1 N–H and O–H groups in total. The average molecular weight is 225 g/mol. The topological polar surface area (TPSA) is 18.5 Å². The Labute approximate surface area is 100 Å². The summed E-state index contributed by atoms with van der Waals surface area (Å²) in [4.78, 5) is 4.92. The Balaban J connectivity index is 1.81. The normalized spacial score (nSPS) is 34.7. The summed E-state index contributed by atoms with van der Waals surface area (Å²) in [6.07, 6.45) is 2.74. The molecular formula is C13H27N3. The Morgan fingerprint density at radius 2 is 1.94 bits per heavy atom. The molecule has 0 radical (unpaired) electrons. The lowest BCUT2D eigenvalue weighted by molar-refractivity contribution is 0.161. The van der Waals surface area contributed by atoms with Gasteiger partial charge in [-0.2, -0.15) is 0 Å². The first kappa shape index (κ1) is 12.3. The van der Waals surface area contributed by atoms with Gasteiger partial charge in [-0.15, -0.1) is 0 Å². The minimum atomic E-state index is 0.260. The molecule has 2 fully saturated rings. The first-order valence-corrected chi connectivity index (χ1v) is 6.62. The molecule has 2 rings (SSSR count). The van der Waals surface area contributed by atoms with Crippen LogP contribution < -0.4 is 5.32 Å². The van der Waals surface area contributed by atoms with Crippen molar-refractivity contribution in [3.05, 3.63) is 0 Å². The third-order valence-corrected chi connectivity index (χ3v) is 4.64. The van der Waals surface area contributed by atoms with Crippen LogP contribution in [0.2, 0.25) is 0 Å². The van der Waals surface area contributed by atoms with Crippen molar-refractivity contribution in [3.8, 4) is 0 Å². The molecule has 94 valence electrons. The van der Waals surface area contributed by atoms with Crippen LogP contribution in [0.25, 0.3) is 0 Å². The van der Waals surface area contributed by atoms with Crippen LogP contribution in [0.5, 0.6) is 0 Å². The smallest absolute Gasteiger partial charge is 0.0271 e. The highest BCUT2D eigenvalue weighted by molar-refractivity contribution is 4.92. The van der Waals surface area contributed by atoms with Gasteiger partial charge in [-0.05, 0) is 59.8 Å². The SMILES string of the molecule is CN(C)C(C)(C)CNC1CCN2CCC1C2. The molecule has 3 atom stereocenters. The van der Waals surface area contributed by atoms with Crippen molar-refractivity contribution in [2.45, 2.75) is 38.3 Å². The minimum Gasteiger partial charge on any atom is -0.312 e. The molecule has 0 aromatic rings. The Morgan fingerprint density at radius 3 is 2.62 bits per heavy atom. The van der Waals surface area contributed by atoms with Crippen molar-refractivity contribution >= 4 is 0 Å². The number of rotatable bonds is 4. The van der Waals surface area contributed by atoms with Crippen LogP contribution >= 0.6 is 0 Å². The van der Waals surface area contributed by atoms with Gasteiger partial charge in [0.1, 0.15) is 0 Å². The molecule has 0 aliphatic carbocycles. The second-order valence-electron chi connectivity index (χ2n) is 6.33. The van der Waals surface area contributed by atoms with Gasteiger partial charge in [0.25, 0.3) is 0 Å². The number of hydrogen-bond donors (Lipinski definition) is 1. The lowest BCUT2D eigenvalue weighted by Gasteiger charge is -2.37. The summed E-state index contributed by atoms with van der Waals surface area (Å²) >= 11 is 0. The summed E-state index contributed by atoms with van der Waals surface area (Å²) in [5.74, 6) is 0.909. The zero-order valence-corrected chi connectivity index (χ0v) is 11.3. The summed E-state index contributed by atoms with van der Waals surface area (Å²) in [5.41, 5.74) is 0.260. The van der Waals surface area contributed by atoms with Gasteiger partial charge in [0.2, 0.25) is 0 Å². The van der Waals surface area contributed by atoms with Gasteiger partial charge in [0.05, 0.1) is 0 Å². The van der Waals surface area contributed by atoms with Crippen LogP contribution in [0.3, 0.4) is 0 Å². The van der Waals surface area contributed by atoms with E-state index in [0.717, 1.165) is 18.5 Å². The maximum Gasteiger partial charge on any atom is 0.0271 e. The average Bonchev–Trinajstić information content (AvgIpc) is 2.60. The van der Waals surface area contributed by atoms with Crippen molar-refractivity contribution in [2.75, 3.05) is 40.3 Å². The first-order chi connectivity index (χ1) is 7.49. The zero-order valence-electron chi connectivity index (χ0n) is 11.3. The van der Waals surface area contributed by atoms with Crippen LogP contribution in [0, 0.1) is 5.92 Å². The van der Waals surface area contributed by atoms with Crippen molar-refractivity contribution in [1.29, 1.82) is 0 Å². The van der Waals surface area contributed by atoms with Gasteiger partial charge in [0.15, 0.2) is 0 Å². The molecule has 2 aliphatic rings. The predicted molar refractivity (Wildman–Crippen MR) is 68.7 cm³/mol. The van der Waals surface area contributed by atoms with Crippen LogP contribution in [0.15, 0.2) is 0 Å². The standard InChI is InChI=1S/C13H27N3/c1-13(2,15(3)4)10-14-12-6-8-16-7-5-11(12)9-16/h11-12,14H,5-10H2,1-4H3. The van der Waals surface area contributed by atoms with Gasteiger partial charge < -0.3 is 15.1 Å². The molecule has 2 heterocycles. The highest BCUT2D eigenvalue weighted by Gasteiger charge is 2.34. The highest BCUT2D eigenvalue weighted by atomic mass is 15.2. The molecular weight excluding hydrogens is 198 g/mol. The van der Waals surface area contributed by atoms with E-state index >= 15 is 0 Å². The molecule has 2 saturated heterocycles. The Morgan fingerprint density at radius 1 is 1.25 bits per heavy atom. The van der Waals surface area contributed by atoms with Crippen molar-refractivity contribution in [1.82, 2.24) is 15.1 Å². The Hall–Kier alpha value is -0.120. The summed E-state index contributed by atoms with van der Waals surface area (Å²) in [7, 11) is 4.33. The van der Waals surface area contributed by atoms with Crippen molar-refractivity contribution in [2.24, 2.45) is 5.92 Å². The van der Waals surface area contributed by atoms with E-state index in [4.69, 9.17) is 0 Å². The fourth-order valence-electron chi connectivity index (χ4n) is 2.76. The molecule has 16 heavy (non-hydrogen) atoms. The van der Waals surface area contributed by atoms with Crippen LogP contribution in [0.1, 0.15) is 26.7 Å². The maximum absolute atomic E-state index is 3.80. The number of nitrogens with zero attached hydrogens (tertiary/aromatic N) is 2. The van der Waals surface area contributed by atoms with Crippen LogP contribution in [0.4, 0.5) is 0 Å². The number of piperidine rings is 1. The molecule has 0 amide bonds. The molecule has 2 aliphatic heterocycles. The third kappa shape index (κ3) is 2.58. The van der Waals surface area contributed by atoms with E-state index in [1.165, 1.54) is 32.5 Å². The monoisotopic (exact) mass is 225 g/mol. The maximum atomic E-state index is 3.80. The summed E-state index contributed by atoms with van der Waals surface area (Å²) in [6.45, 7) is 9.69. The van der Waals surface area contributed by atoms with E-state index in [2.05, 4.69) is 43.1 Å². The second-order valence-corrected chi connectivity index (χ2v) is 6.33. The number of nitrogens with one attached hydrogen (secondary N) is 1. The number of fused-ring (bicyclic) bond motifs is 2. The van der Waals surface area contributed by atoms with E-state index in [1.807, 2.05) is 0 Å². The third-order valence-electron chi connectivity index (χ3n) is 4.64. The van der Waals surface area contributed by atoms with Crippen molar-refractivity contribution < 1.29 is 0 Å². The highest BCUT2D eigenvalue weighted by Crippen LogP contribution is 2.27. The molecule has 0 aromatic heterocycles. The van der Waals surface area contributed by atoms with E-state index in [1.54, 1.807) is 0 Å². The molecule has 3 heteroatoms. The fraction of sp³-hybridized carbons (Fsp3) is 1.00. The van der Waals surface area contributed by atoms with E-state index in [9.17, 15) is 0 Å². The van der Waals surface area contributed by atoms with Gasteiger partial charge in [-0.3, -0.25) is 0 Å². The van der Waals surface area contributed by atoms with Gasteiger partial charge >= 0.3 is 0 Å². The Kier molecular flexibility index (Phi) is 3.57. The quantitative estimate of drug-likeness (QED) is 0.770.